The van der Waals surface area contributed by atoms with Crippen molar-refractivity contribution in [2.45, 2.75) is 13.8 Å². The van der Waals surface area contributed by atoms with Crippen LogP contribution in [0.25, 0.3) is 0 Å². The number of nitrogens with one attached hydrogen (secondary N) is 1. The zero-order valence-electron chi connectivity index (χ0n) is 14.6. The highest BCUT2D eigenvalue weighted by molar-refractivity contribution is 6.06. The van der Waals surface area contributed by atoms with Crippen LogP contribution in [0, 0.1) is 34.1 Å². The van der Waals surface area contributed by atoms with Gasteiger partial charge in [0, 0.05) is 29.3 Å². The summed E-state index contributed by atoms with van der Waals surface area (Å²) < 4.78 is 4.53. The molecule has 0 spiro atoms. The van der Waals surface area contributed by atoms with Crippen molar-refractivity contribution in [2.24, 2.45) is 0 Å². The largest absolute Gasteiger partial charge is 0.465 e. The lowest BCUT2D eigenvalue weighted by Gasteiger charge is -2.10. The van der Waals surface area contributed by atoms with Crippen molar-refractivity contribution in [2.75, 3.05) is 12.4 Å². The summed E-state index contributed by atoms with van der Waals surface area (Å²) in [7, 11) is 1.11. The van der Waals surface area contributed by atoms with Gasteiger partial charge >= 0.3 is 5.97 Å². The van der Waals surface area contributed by atoms with E-state index in [1.165, 1.54) is 6.07 Å². The zero-order valence-corrected chi connectivity index (χ0v) is 14.6. The summed E-state index contributed by atoms with van der Waals surface area (Å²) in [5, 5.41) is 24.6. The van der Waals surface area contributed by atoms with E-state index >= 15 is 0 Å². The number of ether oxygens (including phenoxy) is 1. The summed E-state index contributed by atoms with van der Waals surface area (Å²) in [6.45, 7) is 3.22. The number of carbonyl (C=O) groups is 2. The summed E-state index contributed by atoms with van der Waals surface area (Å²) in [6, 6.07) is 5.89. The van der Waals surface area contributed by atoms with E-state index in [1.54, 1.807) is 19.9 Å². The lowest BCUT2D eigenvalue weighted by atomic mass is 10.1. The molecule has 2 aromatic rings. The molecule has 1 amide bonds. The maximum Gasteiger partial charge on any atom is 0.338 e. The molecule has 1 N–H and O–H groups in total. The molecule has 27 heavy (non-hydrogen) atoms. The van der Waals surface area contributed by atoms with Crippen LogP contribution in [-0.4, -0.2) is 28.8 Å². The number of nitro benzene ring substituents is 2. The maximum absolute atomic E-state index is 12.5. The molecule has 0 heterocycles. The van der Waals surface area contributed by atoms with Gasteiger partial charge in [0.25, 0.3) is 17.3 Å². The van der Waals surface area contributed by atoms with E-state index in [9.17, 15) is 29.8 Å². The van der Waals surface area contributed by atoms with Gasteiger partial charge in [-0.1, -0.05) is 0 Å². The average molecular weight is 373 g/mol. The lowest BCUT2D eigenvalue weighted by Crippen LogP contribution is -2.15. The molecular formula is C17H15N3O7. The van der Waals surface area contributed by atoms with Crippen molar-refractivity contribution in [3.05, 3.63) is 72.8 Å². The van der Waals surface area contributed by atoms with Crippen LogP contribution < -0.4 is 5.32 Å². The first kappa shape index (κ1) is 19.5. The molecule has 0 aliphatic rings. The summed E-state index contributed by atoms with van der Waals surface area (Å²) >= 11 is 0. The van der Waals surface area contributed by atoms with Crippen LogP contribution in [0.15, 0.2) is 30.3 Å². The Morgan fingerprint density at radius 1 is 0.926 bits per heavy atom. The molecule has 0 unspecified atom stereocenters. The number of anilines is 1. The number of aryl methyl sites for hydroxylation is 2. The number of nitro groups is 2. The molecule has 0 aromatic heterocycles. The van der Waals surface area contributed by atoms with Gasteiger partial charge < -0.3 is 10.1 Å². The fourth-order valence-corrected chi connectivity index (χ4v) is 2.45. The highest BCUT2D eigenvalue weighted by atomic mass is 16.6. The van der Waals surface area contributed by atoms with Gasteiger partial charge in [-0.2, -0.15) is 0 Å². The summed E-state index contributed by atoms with van der Waals surface area (Å²) in [6.07, 6.45) is 0. The van der Waals surface area contributed by atoms with Gasteiger partial charge in [-0.15, -0.1) is 0 Å². The van der Waals surface area contributed by atoms with E-state index in [-0.39, 0.29) is 22.5 Å². The molecule has 0 aliphatic heterocycles. The summed E-state index contributed by atoms with van der Waals surface area (Å²) in [5.41, 5.74) is 0.225. The molecule has 0 aliphatic carbocycles. The molecule has 0 bridgehead atoms. The second-order valence-electron chi connectivity index (χ2n) is 5.68. The monoisotopic (exact) mass is 373 g/mol. The number of rotatable bonds is 5. The fourth-order valence-electron chi connectivity index (χ4n) is 2.45. The van der Waals surface area contributed by atoms with E-state index < -0.39 is 27.4 Å². The van der Waals surface area contributed by atoms with Crippen LogP contribution in [0.3, 0.4) is 0 Å². The van der Waals surface area contributed by atoms with Crippen molar-refractivity contribution in [3.63, 3.8) is 0 Å². The standard InChI is InChI=1S/C17H15N3O7/c1-9-4-10(2)15(20(25)26)8-14(9)18-16(21)11-5-12(17(22)27-3)7-13(6-11)19(23)24/h4-8H,1-3H3,(H,18,21). The Kier molecular flexibility index (Phi) is 5.49. The van der Waals surface area contributed by atoms with Gasteiger partial charge in [-0.25, -0.2) is 4.79 Å². The van der Waals surface area contributed by atoms with Crippen molar-refractivity contribution in [1.82, 2.24) is 0 Å². The molecule has 0 atom stereocenters. The second-order valence-corrected chi connectivity index (χ2v) is 5.68. The molecule has 2 rings (SSSR count). The van der Waals surface area contributed by atoms with Crippen molar-refractivity contribution in [1.29, 1.82) is 0 Å². The van der Waals surface area contributed by atoms with Crippen LogP contribution in [0.2, 0.25) is 0 Å². The number of benzene rings is 2. The Morgan fingerprint density at radius 2 is 1.56 bits per heavy atom. The molecule has 0 fully saturated rings. The first-order valence-corrected chi connectivity index (χ1v) is 7.58. The minimum Gasteiger partial charge on any atom is -0.465 e. The third-order valence-corrected chi connectivity index (χ3v) is 3.80. The number of carbonyl (C=O) groups excluding carboxylic acids is 2. The number of hydrogen-bond donors (Lipinski definition) is 1. The quantitative estimate of drug-likeness (QED) is 0.482. The molecule has 10 heteroatoms. The van der Waals surface area contributed by atoms with E-state index in [4.69, 9.17) is 0 Å². The smallest absolute Gasteiger partial charge is 0.338 e. The predicted octanol–water partition coefficient (Wildman–Crippen LogP) is 3.16. The Labute approximate surface area is 153 Å². The number of nitrogens with zero attached hydrogens (tertiary/aromatic N) is 2. The Morgan fingerprint density at radius 3 is 2.11 bits per heavy atom. The highest BCUT2D eigenvalue weighted by Crippen LogP contribution is 2.27. The molecule has 10 nitrogen and oxygen atoms in total. The molecule has 140 valence electrons. The third kappa shape index (κ3) is 4.24. The van der Waals surface area contributed by atoms with E-state index in [0.717, 1.165) is 25.3 Å². The Balaban J connectivity index is 2.45. The molecule has 0 radical (unpaired) electrons. The van der Waals surface area contributed by atoms with Crippen molar-refractivity contribution in [3.8, 4) is 0 Å². The zero-order chi connectivity index (χ0) is 20.3. The van der Waals surface area contributed by atoms with E-state index in [2.05, 4.69) is 10.1 Å². The minimum atomic E-state index is -0.838. The maximum atomic E-state index is 12.5. The van der Waals surface area contributed by atoms with Crippen LogP contribution in [0.5, 0.6) is 0 Å². The first-order valence-electron chi connectivity index (χ1n) is 7.58. The second kappa shape index (κ2) is 7.60. The third-order valence-electron chi connectivity index (χ3n) is 3.80. The Hall–Kier alpha value is -3.82. The highest BCUT2D eigenvalue weighted by Gasteiger charge is 2.20. The lowest BCUT2D eigenvalue weighted by molar-refractivity contribution is -0.385. The van der Waals surface area contributed by atoms with Crippen LogP contribution in [0.1, 0.15) is 31.8 Å². The van der Waals surface area contributed by atoms with Crippen LogP contribution in [0.4, 0.5) is 17.1 Å². The average Bonchev–Trinajstić information content (AvgIpc) is 2.62. The van der Waals surface area contributed by atoms with Gasteiger partial charge in [-0.05, 0) is 31.5 Å². The molecular weight excluding hydrogens is 358 g/mol. The number of esters is 1. The van der Waals surface area contributed by atoms with Crippen molar-refractivity contribution >= 4 is 28.9 Å². The Bertz CT molecular complexity index is 969. The normalized spacial score (nSPS) is 10.2. The van der Waals surface area contributed by atoms with E-state index in [1.807, 2.05) is 0 Å². The minimum absolute atomic E-state index is 0.160. The van der Waals surface area contributed by atoms with Crippen LogP contribution >= 0.6 is 0 Å². The number of hydrogen-bond acceptors (Lipinski definition) is 7. The molecule has 2 aromatic carbocycles. The SMILES string of the molecule is COC(=O)c1cc(C(=O)Nc2cc([N+](=O)[O-])c(C)cc2C)cc([N+](=O)[O-])c1. The van der Waals surface area contributed by atoms with Gasteiger partial charge in [0.2, 0.25) is 0 Å². The van der Waals surface area contributed by atoms with Gasteiger partial charge in [0.05, 0.1) is 28.2 Å². The number of non-ortho nitro benzene ring substituents is 1. The van der Waals surface area contributed by atoms with Gasteiger partial charge in [-0.3, -0.25) is 25.0 Å². The summed E-state index contributed by atoms with van der Waals surface area (Å²) in [4.78, 5) is 45.0. The number of methoxy groups -OCH3 is 1. The van der Waals surface area contributed by atoms with Gasteiger partial charge in [0.1, 0.15) is 0 Å². The molecule has 0 saturated carbocycles. The first-order chi connectivity index (χ1) is 12.6. The van der Waals surface area contributed by atoms with E-state index in [0.29, 0.717) is 11.1 Å². The molecule has 0 saturated heterocycles. The topological polar surface area (TPSA) is 142 Å². The van der Waals surface area contributed by atoms with Crippen molar-refractivity contribution < 1.29 is 24.2 Å². The summed E-state index contributed by atoms with van der Waals surface area (Å²) in [5.74, 6) is -1.60. The van der Waals surface area contributed by atoms with Crippen LogP contribution in [-0.2, 0) is 4.74 Å². The fraction of sp³-hybridized carbons (Fsp3) is 0.176. The number of amides is 1. The van der Waals surface area contributed by atoms with Gasteiger partial charge in [0.15, 0.2) is 0 Å². The predicted molar refractivity (Wildman–Crippen MR) is 95.0 cm³/mol.